The third kappa shape index (κ3) is 3.43. The van der Waals surface area contributed by atoms with E-state index in [4.69, 9.17) is 16.3 Å². The standard InChI is InChI=1S/C21H16ClNO2S/c22-16-8-6-7-15(13-16)21-23(20(24)14-26-21)18-11-4-5-12-19(18)25-17-9-2-1-3-10-17/h1-13,21H,14H2. The van der Waals surface area contributed by atoms with Gasteiger partial charge < -0.3 is 4.74 Å². The van der Waals surface area contributed by atoms with Gasteiger partial charge in [0.05, 0.1) is 11.4 Å². The Hall–Kier alpha value is -2.43. The molecule has 1 aliphatic rings. The third-order valence-electron chi connectivity index (χ3n) is 4.10. The van der Waals surface area contributed by atoms with Crippen molar-refractivity contribution in [2.45, 2.75) is 5.37 Å². The molecule has 0 aromatic heterocycles. The van der Waals surface area contributed by atoms with Gasteiger partial charge in [-0.1, -0.05) is 54.1 Å². The lowest BCUT2D eigenvalue weighted by Gasteiger charge is -2.26. The molecule has 0 radical (unpaired) electrons. The van der Waals surface area contributed by atoms with Crippen LogP contribution in [0.5, 0.6) is 11.5 Å². The molecular weight excluding hydrogens is 366 g/mol. The first-order valence-corrected chi connectivity index (χ1v) is 9.66. The number of thioether (sulfide) groups is 1. The Morgan fingerprint density at radius 1 is 0.962 bits per heavy atom. The number of halogens is 1. The fourth-order valence-corrected chi connectivity index (χ4v) is 4.31. The van der Waals surface area contributed by atoms with Crippen LogP contribution in [-0.2, 0) is 4.79 Å². The van der Waals surface area contributed by atoms with Crippen LogP contribution < -0.4 is 9.64 Å². The fraction of sp³-hybridized carbons (Fsp3) is 0.0952. The van der Waals surface area contributed by atoms with Crippen LogP contribution in [0.2, 0.25) is 5.02 Å². The molecule has 1 heterocycles. The van der Waals surface area contributed by atoms with Crippen molar-refractivity contribution in [1.29, 1.82) is 0 Å². The fourth-order valence-electron chi connectivity index (χ4n) is 2.95. The van der Waals surface area contributed by atoms with Gasteiger partial charge in [0.25, 0.3) is 0 Å². The molecule has 0 N–H and O–H groups in total. The van der Waals surface area contributed by atoms with Crippen LogP contribution in [0.15, 0.2) is 78.9 Å². The molecule has 1 unspecified atom stereocenters. The molecule has 0 spiro atoms. The second-order valence-corrected chi connectivity index (χ2v) is 7.37. The molecule has 1 fully saturated rings. The summed E-state index contributed by atoms with van der Waals surface area (Å²) in [5, 5.41) is 0.540. The zero-order valence-electron chi connectivity index (χ0n) is 13.8. The van der Waals surface area contributed by atoms with Gasteiger partial charge >= 0.3 is 0 Å². The molecule has 3 nitrogen and oxygen atoms in total. The summed E-state index contributed by atoms with van der Waals surface area (Å²) in [5.74, 6) is 1.88. The van der Waals surface area contributed by atoms with E-state index in [2.05, 4.69) is 0 Å². The van der Waals surface area contributed by atoms with E-state index < -0.39 is 0 Å². The minimum absolute atomic E-state index is 0.0593. The van der Waals surface area contributed by atoms with Crippen LogP contribution in [-0.4, -0.2) is 11.7 Å². The van der Waals surface area contributed by atoms with E-state index in [-0.39, 0.29) is 11.3 Å². The van der Waals surface area contributed by atoms with Crippen LogP contribution >= 0.6 is 23.4 Å². The summed E-state index contributed by atoms with van der Waals surface area (Å²) in [6.07, 6.45) is 0. The number of hydrogen-bond acceptors (Lipinski definition) is 3. The minimum Gasteiger partial charge on any atom is -0.455 e. The number of carbonyl (C=O) groups is 1. The molecule has 1 atom stereocenters. The average Bonchev–Trinajstić information content (AvgIpc) is 3.04. The summed E-state index contributed by atoms with van der Waals surface area (Å²) in [6, 6.07) is 24.8. The second-order valence-electron chi connectivity index (χ2n) is 5.86. The maximum atomic E-state index is 12.7. The van der Waals surface area contributed by atoms with Crippen molar-refractivity contribution in [3.05, 3.63) is 89.4 Å². The molecule has 1 amide bonds. The number of para-hydroxylation sites is 3. The van der Waals surface area contributed by atoms with Gasteiger partial charge in [-0.15, -0.1) is 11.8 Å². The van der Waals surface area contributed by atoms with Gasteiger partial charge in [-0.2, -0.15) is 0 Å². The van der Waals surface area contributed by atoms with E-state index in [9.17, 15) is 4.79 Å². The van der Waals surface area contributed by atoms with E-state index in [1.165, 1.54) is 0 Å². The third-order valence-corrected chi connectivity index (χ3v) is 5.54. The number of benzene rings is 3. The Labute approximate surface area is 161 Å². The molecule has 0 aliphatic carbocycles. The number of hydrogen-bond donors (Lipinski definition) is 0. The van der Waals surface area contributed by atoms with Crippen LogP contribution in [0, 0.1) is 0 Å². The molecule has 26 heavy (non-hydrogen) atoms. The zero-order chi connectivity index (χ0) is 17.9. The van der Waals surface area contributed by atoms with Crippen molar-refractivity contribution in [3.8, 4) is 11.5 Å². The lowest BCUT2D eigenvalue weighted by Crippen LogP contribution is -2.28. The molecular formula is C21H16ClNO2S. The maximum Gasteiger partial charge on any atom is 0.238 e. The number of nitrogens with zero attached hydrogens (tertiary/aromatic N) is 1. The average molecular weight is 382 g/mol. The van der Waals surface area contributed by atoms with Gasteiger partial charge in [0, 0.05) is 5.02 Å². The Morgan fingerprint density at radius 3 is 2.54 bits per heavy atom. The van der Waals surface area contributed by atoms with Gasteiger partial charge in [0.2, 0.25) is 5.91 Å². The molecule has 4 rings (SSSR count). The summed E-state index contributed by atoms with van der Waals surface area (Å²) in [7, 11) is 0. The Balaban J connectivity index is 1.72. The van der Waals surface area contributed by atoms with Crippen molar-refractivity contribution in [2.75, 3.05) is 10.7 Å². The van der Waals surface area contributed by atoms with Gasteiger partial charge in [-0.05, 0) is 42.0 Å². The van der Waals surface area contributed by atoms with Crippen LogP contribution in [0.4, 0.5) is 5.69 Å². The minimum atomic E-state index is -0.123. The summed E-state index contributed by atoms with van der Waals surface area (Å²) in [4.78, 5) is 14.5. The SMILES string of the molecule is O=C1CSC(c2cccc(Cl)c2)N1c1ccccc1Oc1ccccc1. The van der Waals surface area contributed by atoms with E-state index in [0.29, 0.717) is 16.5 Å². The molecule has 5 heteroatoms. The summed E-state index contributed by atoms with van der Waals surface area (Å²) < 4.78 is 6.05. The highest BCUT2D eigenvalue weighted by Crippen LogP contribution is 2.45. The Bertz CT molecular complexity index is 932. The van der Waals surface area contributed by atoms with E-state index in [1.54, 1.807) is 16.7 Å². The maximum absolute atomic E-state index is 12.7. The summed E-state index contributed by atoms with van der Waals surface area (Å²) in [6.45, 7) is 0. The topological polar surface area (TPSA) is 29.5 Å². The molecule has 3 aromatic carbocycles. The largest absolute Gasteiger partial charge is 0.455 e. The summed E-state index contributed by atoms with van der Waals surface area (Å²) in [5.41, 5.74) is 1.76. The highest BCUT2D eigenvalue weighted by Gasteiger charge is 2.35. The number of carbonyl (C=O) groups excluding carboxylic acids is 1. The van der Waals surface area contributed by atoms with Crippen molar-refractivity contribution >= 4 is 35.0 Å². The van der Waals surface area contributed by atoms with E-state index in [1.807, 2.05) is 78.9 Å². The number of amides is 1. The zero-order valence-corrected chi connectivity index (χ0v) is 15.4. The smallest absolute Gasteiger partial charge is 0.238 e. The van der Waals surface area contributed by atoms with E-state index in [0.717, 1.165) is 17.0 Å². The normalized spacial score (nSPS) is 16.7. The number of rotatable bonds is 4. The number of ether oxygens (including phenoxy) is 1. The van der Waals surface area contributed by atoms with Crippen molar-refractivity contribution < 1.29 is 9.53 Å². The van der Waals surface area contributed by atoms with Gasteiger partial charge in [0.1, 0.15) is 11.1 Å². The summed E-state index contributed by atoms with van der Waals surface area (Å²) >= 11 is 7.75. The van der Waals surface area contributed by atoms with E-state index >= 15 is 0 Å². The predicted molar refractivity (Wildman–Crippen MR) is 107 cm³/mol. The monoisotopic (exact) mass is 381 g/mol. The first-order valence-electron chi connectivity index (χ1n) is 8.23. The van der Waals surface area contributed by atoms with Crippen LogP contribution in [0.3, 0.4) is 0 Å². The molecule has 130 valence electrons. The Morgan fingerprint density at radius 2 is 1.73 bits per heavy atom. The lowest BCUT2D eigenvalue weighted by molar-refractivity contribution is -0.115. The first-order chi connectivity index (χ1) is 12.7. The molecule has 1 aliphatic heterocycles. The highest BCUT2D eigenvalue weighted by molar-refractivity contribution is 8.00. The first kappa shape index (κ1) is 17.0. The van der Waals surface area contributed by atoms with Gasteiger partial charge in [-0.25, -0.2) is 0 Å². The van der Waals surface area contributed by atoms with Gasteiger partial charge in [0.15, 0.2) is 5.75 Å². The van der Waals surface area contributed by atoms with Crippen LogP contribution in [0.1, 0.15) is 10.9 Å². The van der Waals surface area contributed by atoms with Crippen LogP contribution in [0.25, 0.3) is 0 Å². The van der Waals surface area contributed by atoms with Crippen molar-refractivity contribution in [3.63, 3.8) is 0 Å². The molecule has 0 bridgehead atoms. The quantitative estimate of drug-likeness (QED) is 0.562. The molecule has 1 saturated heterocycles. The van der Waals surface area contributed by atoms with Crippen molar-refractivity contribution in [1.82, 2.24) is 0 Å². The molecule has 3 aromatic rings. The lowest BCUT2D eigenvalue weighted by atomic mass is 10.2. The molecule has 0 saturated carbocycles. The number of anilines is 1. The second kappa shape index (κ2) is 7.44. The highest BCUT2D eigenvalue weighted by atomic mass is 35.5. The van der Waals surface area contributed by atoms with Crippen molar-refractivity contribution in [2.24, 2.45) is 0 Å². The predicted octanol–water partition coefficient (Wildman–Crippen LogP) is 5.91. The Kier molecular flexibility index (Phi) is 4.87. The van der Waals surface area contributed by atoms with Gasteiger partial charge in [-0.3, -0.25) is 9.69 Å².